The lowest BCUT2D eigenvalue weighted by Gasteiger charge is -2.17. The van der Waals surface area contributed by atoms with Gasteiger partial charge in [-0.2, -0.15) is 0 Å². The van der Waals surface area contributed by atoms with Crippen molar-refractivity contribution in [2.24, 2.45) is 0 Å². The number of rotatable bonds is 5. The Balaban J connectivity index is 1.57. The molecule has 3 aromatic carbocycles. The van der Waals surface area contributed by atoms with Crippen LogP contribution in [0.5, 0.6) is 5.75 Å². The van der Waals surface area contributed by atoms with Crippen molar-refractivity contribution in [3.05, 3.63) is 78.1 Å². The van der Waals surface area contributed by atoms with Crippen LogP contribution < -0.4 is 15.0 Å². The first-order valence-corrected chi connectivity index (χ1v) is 9.71. The number of benzene rings is 3. The van der Waals surface area contributed by atoms with Crippen LogP contribution in [0.1, 0.15) is 23.2 Å². The molecule has 1 N–H and O–H groups in total. The van der Waals surface area contributed by atoms with Gasteiger partial charge in [0, 0.05) is 29.8 Å². The van der Waals surface area contributed by atoms with Gasteiger partial charge in [-0.3, -0.25) is 9.59 Å². The smallest absolute Gasteiger partial charge is 0.255 e. The van der Waals surface area contributed by atoms with Gasteiger partial charge in [0.25, 0.3) is 5.91 Å². The van der Waals surface area contributed by atoms with Gasteiger partial charge in [-0.15, -0.1) is 0 Å². The number of methoxy groups -OCH3 is 1. The summed E-state index contributed by atoms with van der Waals surface area (Å²) in [7, 11) is 1.58. The largest absolute Gasteiger partial charge is 0.496 e. The molecule has 0 spiro atoms. The van der Waals surface area contributed by atoms with E-state index in [9.17, 15) is 14.0 Å². The van der Waals surface area contributed by atoms with Crippen LogP contribution in [0.3, 0.4) is 0 Å². The second kappa shape index (κ2) is 8.37. The van der Waals surface area contributed by atoms with Crippen molar-refractivity contribution in [2.45, 2.75) is 12.8 Å². The summed E-state index contributed by atoms with van der Waals surface area (Å²) in [4.78, 5) is 26.1. The van der Waals surface area contributed by atoms with Gasteiger partial charge in [-0.1, -0.05) is 30.3 Å². The molecule has 1 aliphatic heterocycles. The lowest BCUT2D eigenvalue weighted by molar-refractivity contribution is -0.117. The molecule has 4 rings (SSSR count). The van der Waals surface area contributed by atoms with Crippen molar-refractivity contribution < 1.29 is 18.7 Å². The molecule has 1 fully saturated rings. The zero-order valence-electron chi connectivity index (χ0n) is 16.5. The highest BCUT2D eigenvalue weighted by atomic mass is 19.1. The predicted molar refractivity (Wildman–Crippen MR) is 114 cm³/mol. The molecule has 1 heterocycles. The van der Waals surface area contributed by atoms with Gasteiger partial charge in [-0.05, 0) is 48.4 Å². The van der Waals surface area contributed by atoms with E-state index in [2.05, 4.69) is 5.32 Å². The summed E-state index contributed by atoms with van der Waals surface area (Å²) in [5.41, 5.74) is 2.71. The molecule has 3 aromatic rings. The number of anilines is 2. The van der Waals surface area contributed by atoms with Crippen LogP contribution in [0.4, 0.5) is 15.8 Å². The Kier molecular flexibility index (Phi) is 5.48. The highest BCUT2D eigenvalue weighted by Crippen LogP contribution is 2.31. The Labute approximate surface area is 174 Å². The summed E-state index contributed by atoms with van der Waals surface area (Å²) in [5.74, 6) is -0.331. The van der Waals surface area contributed by atoms with Crippen LogP contribution in [-0.2, 0) is 4.79 Å². The predicted octanol–water partition coefficient (Wildman–Crippen LogP) is 4.88. The molecule has 0 unspecified atom stereocenters. The van der Waals surface area contributed by atoms with E-state index in [1.165, 1.54) is 17.0 Å². The number of hydrogen-bond acceptors (Lipinski definition) is 3. The quantitative estimate of drug-likeness (QED) is 0.659. The standard InChI is InChI=1S/C24H21FN2O3/c1-30-22-12-9-17(14-19(22)16-6-3-2-4-7-16)24(29)26-18-10-11-21(20(25)15-18)27-13-5-8-23(27)28/h2-4,6-7,9-12,14-15H,5,8,13H2,1H3,(H,26,29). The van der Waals surface area contributed by atoms with Crippen molar-refractivity contribution in [1.29, 1.82) is 0 Å². The lowest BCUT2D eigenvalue weighted by Crippen LogP contribution is -2.24. The van der Waals surface area contributed by atoms with Gasteiger partial charge in [0.15, 0.2) is 0 Å². The van der Waals surface area contributed by atoms with E-state index >= 15 is 0 Å². The van der Waals surface area contributed by atoms with Gasteiger partial charge < -0.3 is 15.0 Å². The van der Waals surface area contributed by atoms with Crippen molar-refractivity contribution in [3.63, 3.8) is 0 Å². The Morgan fingerprint density at radius 2 is 1.87 bits per heavy atom. The zero-order valence-corrected chi connectivity index (χ0v) is 16.5. The van der Waals surface area contributed by atoms with Gasteiger partial charge in [0.2, 0.25) is 5.91 Å². The summed E-state index contributed by atoms with van der Waals surface area (Å²) >= 11 is 0. The monoisotopic (exact) mass is 404 g/mol. The fourth-order valence-corrected chi connectivity index (χ4v) is 3.60. The number of nitrogens with zero attached hydrogens (tertiary/aromatic N) is 1. The maximum Gasteiger partial charge on any atom is 0.255 e. The first-order chi connectivity index (χ1) is 14.6. The van der Waals surface area contributed by atoms with Crippen LogP contribution in [0, 0.1) is 5.82 Å². The van der Waals surface area contributed by atoms with Crippen LogP contribution in [-0.4, -0.2) is 25.5 Å². The highest BCUT2D eigenvalue weighted by Gasteiger charge is 2.24. The number of carbonyl (C=O) groups excluding carboxylic acids is 2. The van der Waals surface area contributed by atoms with E-state index in [4.69, 9.17) is 4.74 Å². The third-order valence-corrected chi connectivity index (χ3v) is 5.12. The minimum absolute atomic E-state index is 0.0858. The first kappa shape index (κ1) is 19.6. The van der Waals surface area contributed by atoms with E-state index in [-0.39, 0.29) is 17.5 Å². The molecule has 2 amide bonds. The molecule has 1 aliphatic rings. The normalized spacial score (nSPS) is 13.4. The highest BCUT2D eigenvalue weighted by molar-refractivity contribution is 6.05. The van der Waals surface area contributed by atoms with Crippen molar-refractivity contribution in [3.8, 4) is 16.9 Å². The fourth-order valence-electron chi connectivity index (χ4n) is 3.60. The molecule has 0 saturated carbocycles. The number of amides is 2. The SMILES string of the molecule is COc1ccc(C(=O)Nc2ccc(N3CCCC3=O)c(F)c2)cc1-c1ccccc1. The van der Waals surface area contributed by atoms with Crippen LogP contribution in [0.25, 0.3) is 11.1 Å². The molecule has 6 heteroatoms. The van der Waals surface area contributed by atoms with E-state index in [1.54, 1.807) is 31.4 Å². The summed E-state index contributed by atoms with van der Waals surface area (Å²) in [5, 5.41) is 2.72. The van der Waals surface area contributed by atoms with Crippen molar-refractivity contribution in [2.75, 3.05) is 23.9 Å². The Bertz CT molecular complexity index is 1100. The zero-order chi connectivity index (χ0) is 21.1. The molecule has 30 heavy (non-hydrogen) atoms. The van der Waals surface area contributed by atoms with Crippen LogP contribution in [0.15, 0.2) is 66.7 Å². The molecular formula is C24H21FN2O3. The molecule has 0 aromatic heterocycles. The third-order valence-electron chi connectivity index (χ3n) is 5.12. The number of nitrogens with one attached hydrogen (secondary N) is 1. The summed E-state index contributed by atoms with van der Waals surface area (Å²) < 4.78 is 20.0. The Hall–Kier alpha value is -3.67. The van der Waals surface area contributed by atoms with E-state index < -0.39 is 5.82 Å². The van der Waals surface area contributed by atoms with Crippen molar-refractivity contribution in [1.82, 2.24) is 0 Å². The Morgan fingerprint density at radius 3 is 2.53 bits per heavy atom. The van der Waals surface area contributed by atoms with Crippen LogP contribution in [0.2, 0.25) is 0 Å². The topological polar surface area (TPSA) is 58.6 Å². The van der Waals surface area contributed by atoms with Crippen LogP contribution >= 0.6 is 0 Å². The second-order valence-corrected chi connectivity index (χ2v) is 7.05. The maximum absolute atomic E-state index is 14.6. The molecule has 0 bridgehead atoms. The van der Waals surface area contributed by atoms with E-state index in [0.717, 1.165) is 17.5 Å². The van der Waals surface area contributed by atoms with Gasteiger partial charge in [0.05, 0.1) is 12.8 Å². The maximum atomic E-state index is 14.6. The molecular weight excluding hydrogens is 383 g/mol. The molecule has 5 nitrogen and oxygen atoms in total. The average Bonchev–Trinajstić information content (AvgIpc) is 3.19. The van der Waals surface area contributed by atoms with Gasteiger partial charge in [-0.25, -0.2) is 4.39 Å². The minimum Gasteiger partial charge on any atom is -0.496 e. The summed E-state index contributed by atoms with van der Waals surface area (Å²) in [6.45, 7) is 0.509. The molecule has 0 aliphatic carbocycles. The lowest BCUT2D eigenvalue weighted by atomic mass is 10.0. The van der Waals surface area contributed by atoms with E-state index in [0.29, 0.717) is 30.0 Å². The summed E-state index contributed by atoms with van der Waals surface area (Å²) in [6, 6.07) is 19.1. The first-order valence-electron chi connectivity index (χ1n) is 9.71. The van der Waals surface area contributed by atoms with Gasteiger partial charge in [0.1, 0.15) is 11.6 Å². The van der Waals surface area contributed by atoms with E-state index in [1.807, 2.05) is 30.3 Å². The molecule has 0 radical (unpaired) electrons. The average molecular weight is 404 g/mol. The third kappa shape index (κ3) is 3.89. The second-order valence-electron chi connectivity index (χ2n) is 7.05. The fraction of sp³-hybridized carbons (Fsp3) is 0.167. The summed E-state index contributed by atoms with van der Waals surface area (Å²) in [6.07, 6.45) is 1.15. The number of halogens is 1. The molecule has 152 valence electrons. The number of hydrogen-bond donors (Lipinski definition) is 1. The number of carbonyl (C=O) groups is 2. The minimum atomic E-state index is -0.539. The van der Waals surface area contributed by atoms with Crippen molar-refractivity contribution >= 4 is 23.2 Å². The number of ether oxygens (including phenoxy) is 1. The Morgan fingerprint density at radius 1 is 1.07 bits per heavy atom. The molecule has 1 saturated heterocycles. The molecule has 0 atom stereocenters. The van der Waals surface area contributed by atoms with Gasteiger partial charge >= 0.3 is 0 Å².